The summed E-state index contributed by atoms with van der Waals surface area (Å²) >= 11 is 0. The van der Waals surface area contributed by atoms with Crippen LogP contribution in [0, 0.1) is 0 Å². The monoisotopic (exact) mass is 338 g/mol. The first-order chi connectivity index (χ1) is 12.1. The zero-order valence-electron chi connectivity index (χ0n) is 14.8. The van der Waals surface area contributed by atoms with Crippen LogP contribution in [0.25, 0.3) is 22.4 Å². The number of unbranched alkanes of at least 4 members (excludes halogenated alkanes) is 1. The van der Waals surface area contributed by atoms with Crippen molar-refractivity contribution < 1.29 is 9.15 Å². The van der Waals surface area contributed by atoms with Gasteiger partial charge < -0.3 is 14.1 Å². The fourth-order valence-electron chi connectivity index (χ4n) is 2.76. The first-order valence-corrected chi connectivity index (χ1v) is 8.43. The lowest BCUT2D eigenvalue weighted by molar-refractivity contribution is 0.413. The van der Waals surface area contributed by atoms with Gasteiger partial charge in [0.15, 0.2) is 0 Å². The van der Waals surface area contributed by atoms with Gasteiger partial charge in [0.05, 0.1) is 23.6 Å². The number of hydrogen-bond donors (Lipinski definition) is 0. The number of methoxy groups -OCH3 is 1. The summed E-state index contributed by atoms with van der Waals surface area (Å²) < 4.78 is 10.8. The van der Waals surface area contributed by atoms with Gasteiger partial charge in [0.1, 0.15) is 5.75 Å². The van der Waals surface area contributed by atoms with Crippen LogP contribution in [-0.4, -0.2) is 25.7 Å². The molecule has 0 fully saturated rings. The topological polar surface area (TPSA) is 55.6 Å². The summed E-state index contributed by atoms with van der Waals surface area (Å²) in [6.45, 7) is 3.10. The maximum Gasteiger partial charge on any atom is 0.347 e. The smallest absolute Gasteiger partial charge is 0.347 e. The van der Waals surface area contributed by atoms with E-state index in [0.29, 0.717) is 22.2 Å². The summed E-state index contributed by atoms with van der Waals surface area (Å²) in [5.74, 6) is 0.885. The molecule has 1 heterocycles. The van der Waals surface area contributed by atoms with Gasteiger partial charge in [-0.05, 0) is 36.8 Å². The highest BCUT2D eigenvalue weighted by Gasteiger charge is 2.13. The minimum Gasteiger partial charge on any atom is -0.496 e. The third kappa shape index (κ3) is 3.50. The Hall–Kier alpha value is -2.82. The Balaban J connectivity index is 2.05. The Morgan fingerprint density at radius 2 is 2.00 bits per heavy atom. The van der Waals surface area contributed by atoms with E-state index in [9.17, 15) is 4.79 Å². The van der Waals surface area contributed by atoms with Gasteiger partial charge >= 0.3 is 5.63 Å². The van der Waals surface area contributed by atoms with Gasteiger partial charge in [0, 0.05) is 19.3 Å². The molecule has 2 aromatic carbocycles. The highest BCUT2D eigenvalue weighted by Crippen LogP contribution is 2.29. The molecule has 3 aromatic rings. The predicted octanol–water partition coefficient (Wildman–Crippen LogP) is 4.10. The predicted molar refractivity (Wildman–Crippen MR) is 100 cm³/mol. The number of fused-ring (bicyclic) bond motifs is 1. The van der Waals surface area contributed by atoms with Crippen molar-refractivity contribution in [1.29, 1.82) is 0 Å². The molecule has 0 saturated carbocycles. The van der Waals surface area contributed by atoms with Gasteiger partial charge in [-0.3, -0.25) is 0 Å². The number of rotatable bonds is 6. The maximum absolute atomic E-state index is 12.5. The molecule has 0 aliphatic heterocycles. The molecule has 0 radical (unpaired) electrons. The molecule has 0 aliphatic carbocycles. The molecule has 0 amide bonds. The van der Waals surface area contributed by atoms with Crippen molar-refractivity contribution in [3.05, 3.63) is 52.9 Å². The lowest BCUT2D eigenvalue weighted by Gasteiger charge is -2.19. The Morgan fingerprint density at radius 1 is 1.20 bits per heavy atom. The van der Waals surface area contributed by atoms with Crippen LogP contribution in [-0.2, 0) is 0 Å². The zero-order chi connectivity index (χ0) is 17.8. The van der Waals surface area contributed by atoms with Crippen molar-refractivity contribution >= 4 is 16.6 Å². The quantitative estimate of drug-likeness (QED) is 0.677. The molecule has 0 atom stereocenters. The molecule has 0 aliphatic rings. The van der Waals surface area contributed by atoms with E-state index in [1.807, 2.05) is 49.5 Å². The molecule has 1 aromatic heterocycles. The summed E-state index contributed by atoms with van der Waals surface area (Å²) in [7, 11) is 3.60. The summed E-state index contributed by atoms with van der Waals surface area (Å²) in [6, 6.07) is 13.0. The SMILES string of the molecule is CCCCN(C)c1ccc2nc(-c3ccccc3OC)oc(=O)c2c1. The van der Waals surface area contributed by atoms with Crippen LogP contribution < -0.4 is 15.3 Å². The van der Waals surface area contributed by atoms with Gasteiger partial charge in [-0.15, -0.1) is 0 Å². The molecule has 0 unspecified atom stereocenters. The van der Waals surface area contributed by atoms with Gasteiger partial charge in [0.2, 0.25) is 5.89 Å². The lowest BCUT2D eigenvalue weighted by atomic mass is 10.1. The zero-order valence-corrected chi connectivity index (χ0v) is 14.8. The highest BCUT2D eigenvalue weighted by atomic mass is 16.5. The van der Waals surface area contributed by atoms with Crippen LogP contribution in [0.3, 0.4) is 0 Å². The van der Waals surface area contributed by atoms with Crippen molar-refractivity contribution in [2.45, 2.75) is 19.8 Å². The van der Waals surface area contributed by atoms with Gasteiger partial charge in [0.25, 0.3) is 0 Å². The second-order valence-corrected chi connectivity index (χ2v) is 5.98. The Kier molecular flexibility index (Phi) is 5.03. The van der Waals surface area contributed by atoms with Crippen LogP contribution in [0.2, 0.25) is 0 Å². The number of benzene rings is 2. The molecule has 3 rings (SSSR count). The average Bonchev–Trinajstić information content (AvgIpc) is 2.65. The van der Waals surface area contributed by atoms with E-state index in [1.54, 1.807) is 7.11 Å². The standard InChI is InChI=1S/C20H22N2O3/c1-4-5-12-22(2)14-10-11-17-16(13-14)20(23)25-19(21-17)15-8-6-7-9-18(15)24-3/h6-11,13H,4-5,12H2,1-3H3. The summed E-state index contributed by atoms with van der Waals surface area (Å²) in [6.07, 6.45) is 2.23. The van der Waals surface area contributed by atoms with Crippen LogP contribution in [0.4, 0.5) is 5.69 Å². The van der Waals surface area contributed by atoms with Crippen molar-refractivity contribution in [1.82, 2.24) is 4.98 Å². The van der Waals surface area contributed by atoms with E-state index in [4.69, 9.17) is 9.15 Å². The minimum absolute atomic E-state index is 0.266. The van der Waals surface area contributed by atoms with Crippen molar-refractivity contribution in [3.8, 4) is 17.2 Å². The molecule has 0 spiro atoms. The van der Waals surface area contributed by atoms with Crippen LogP contribution >= 0.6 is 0 Å². The second-order valence-electron chi connectivity index (χ2n) is 5.98. The molecular weight excluding hydrogens is 316 g/mol. The van der Waals surface area contributed by atoms with Crippen LogP contribution in [0.1, 0.15) is 19.8 Å². The number of hydrogen-bond acceptors (Lipinski definition) is 5. The lowest BCUT2D eigenvalue weighted by Crippen LogP contribution is -2.18. The first-order valence-electron chi connectivity index (χ1n) is 8.43. The minimum atomic E-state index is -0.392. The molecule has 0 bridgehead atoms. The normalized spacial score (nSPS) is 10.8. The van der Waals surface area contributed by atoms with Crippen molar-refractivity contribution in [2.75, 3.05) is 25.6 Å². The molecule has 5 heteroatoms. The second kappa shape index (κ2) is 7.38. The number of anilines is 1. The van der Waals surface area contributed by atoms with Crippen LogP contribution in [0.15, 0.2) is 51.7 Å². The van der Waals surface area contributed by atoms with E-state index >= 15 is 0 Å². The molecule has 5 nitrogen and oxygen atoms in total. The molecule has 0 saturated heterocycles. The number of nitrogens with zero attached hydrogens (tertiary/aromatic N) is 2. The fourth-order valence-corrected chi connectivity index (χ4v) is 2.76. The molecule has 0 N–H and O–H groups in total. The molecular formula is C20H22N2O3. The Morgan fingerprint density at radius 3 is 2.76 bits per heavy atom. The first kappa shape index (κ1) is 17.0. The van der Waals surface area contributed by atoms with E-state index in [0.717, 1.165) is 25.1 Å². The third-order valence-electron chi connectivity index (χ3n) is 4.24. The average molecular weight is 338 g/mol. The summed E-state index contributed by atoms with van der Waals surface area (Å²) in [5.41, 5.74) is 1.87. The number of ether oxygens (including phenoxy) is 1. The third-order valence-corrected chi connectivity index (χ3v) is 4.24. The largest absolute Gasteiger partial charge is 0.496 e. The Labute approximate surface area is 146 Å². The van der Waals surface area contributed by atoms with Crippen LogP contribution in [0.5, 0.6) is 5.75 Å². The summed E-state index contributed by atoms with van der Waals surface area (Å²) in [5, 5.41) is 0.486. The van der Waals surface area contributed by atoms with Crippen molar-refractivity contribution in [2.24, 2.45) is 0 Å². The highest BCUT2D eigenvalue weighted by molar-refractivity contribution is 5.83. The van der Waals surface area contributed by atoms with E-state index in [1.165, 1.54) is 0 Å². The Bertz CT molecular complexity index is 934. The maximum atomic E-state index is 12.5. The van der Waals surface area contributed by atoms with Gasteiger partial charge in [-0.1, -0.05) is 25.5 Å². The van der Waals surface area contributed by atoms with E-state index in [2.05, 4.69) is 16.8 Å². The van der Waals surface area contributed by atoms with E-state index in [-0.39, 0.29) is 5.89 Å². The summed E-state index contributed by atoms with van der Waals surface area (Å²) in [4.78, 5) is 19.1. The number of para-hydroxylation sites is 1. The van der Waals surface area contributed by atoms with Crippen molar-refractivity contribution in [3.63, 3.8) is 0 Å². The van der Waals surface area contributed by atoms with Gasteiger partial charge in [-0.2, -0.15) is 0 Å². The fraction of sp³-hybridized carbons (Fsp3) is 0.300. The number of aromatic nitrogens is 1. The van der Waals surface area contributed by atoms with E-state index < -0.39 is 5.63 Å². The van der Waals surface area contributed by atoms with Gasteiger partial charge in [-0.25, -0.2) is 9.78 Å². The molecule has 25 heavy (non-hydrogen) atoms. The molecule has 130 valence electrons.